The van der Waals surface area contributed by atoms with E-state index in [-0.39, 0.29) is 6.42 Å². The molecule has 0 saturated heterocycles. The van der Waals surface area contributed by atoms with E-state index in [0.717, 1.165) is 5.56 Å². The Morgan fingerprint density at radius 1 is 1.23 bits per heavy atom. The molecule has 120 valence electrons. The van der Waals surface area contributed by atoms with Crippen LogP contribution in [0.4, 0.5) is 10.5 Å². The van der Waals surface area contributed by atoms with Crippen molar-refractivity contribution in [2.75, 3.05) is 7.11 Å². The van der Waals surface area contributed by atoms with Gasteiger partial charge in [0.1, 0.15) is 17.3 Å². The molecule has 7 heteroatoms. The zero-order valence-electron chi connectivity index (χ0n) is 13.1. The number of hydrogen-bond acceptors (Lipinski definition) is 6. The Bertz CT molecular complexity index is 534. The Morgan fingerprint density at radius 2 is 1.82 bits per heavy atom. The summed E-state index contributed by atoms with van der Waals surface area (Å²) in [5.74, 6) is -0.580. The third-order valence-corrected chi connectivity index (χ3v) is 2.66. The highest BCUT2D eigenvalue weighted by atomic mass is 16.6. The average Bonchev–Trinajstić information content (AvgIpc) is 2.44. The SMILES string of the molecule is COC(=O)C(Cc1ccc(N=O)cc1)NC(=O)OC(C)(C)C. The molecular weight excluding hydrogens is 288 g/mol. The third kappa shape index (κ3) is 5.90. The average molecular weight is 308 g/mol. The molecule has 0 aliphatic heterocycles. The number of nitroso groups, excluding NO2 is 1. The Hall–Kier alpha value is -2.44. The van der Waals surface area contributed by atoms with E-state index in [9.17, 15) is 14.5 Å². The van der Waals surface area contributed by atoms with Crippen LogP contribution < -0.4 is 5.32 Å². The fourth-order valence-electron chi connectivity index (χ4n) is 1.71. The number of amides is 1. The normalized spacial score (nSPS) is 12.2. The monoisotopic (exact) mass is 308 g/mol. The van der Waals surface area contributed by atoms with Crippen molar-refractivity contribution in [3.8, 4) is 0 Å². The fraction of sp³-hybridized carbons (Fsp3) is 0.467. The first-order chi connectivity index (χ1) is 10.2. The highest BCUT2D eigenvalue weighted by molar-refractivity contribution is 5.81. The minimum absolute atomic E-state index is 0.213. The summed E-state index contributed by atoms with van der Waals surface area (Å²) in [6, 6.07) is 5.50. The number of alkyl carbamates (subject to hydrolysis) is 1. The maximum Gasteiger partial charge on any atom is 0.408 e. The lowest BCUT2D eigenvalue weighted by molar-refractivity contribution is -0.143. The number of methoxy groups -OCH3 is 1. The van der Waals surface area contributed by atoms with Crippen molar-refractivity contribution in [3.63, 3.8) is 0 Å². The summed E-state index contributed by atoms with van der Waals surface area (Å²) in [4.78, 5) is 33.9. The van der Waals surface area contributed by atoms with E-state index >= 15 is 0 Å². The second-order valence-corrected chi connectivity index (χ2v) is 5.68. The molecule has 0 radical (unpaired) electrons. The van der Waals surface area contributed by atoms with E-state index in [2.05, 4.69) is 15.2 Å². The molecule has 0 spiro atoms. The number of carbonyl (C=O) groups excluding carboxylic acids is 2. The molecular formula is C15H20N2O5. The molecule has 0 bridgehead atoms. The van der Waals surface area contributed by atoms with Crippen LogP contribution in [0.1, 0.15) is 26.3 Å². The molecule has 0 aromatic heterocycles. The van der Waals surface area contributed by atoms with Crippen LogP contribution >= 0.6 is 0 Å². The quantitative estimate of drug-likeness (QED) is 0.666. The Labute approximate surface area is 129 Å². The van der Waals surface area contributed by atoms with Crippen LogP contribution in [-0.4, -0.2) is 30.8 Å². The van der Waals surface area contributed by atoms with Crippen LogP contribution in [0.5, 0.6) is 0 Å². The van der Waals surface area contributed by atoms with Crippen molar-refractivity contribution in [3.05, 3.63) is 34.7 Å². The number of nitrogens with zero attached hydrogens (tertiary/aromatic N) is 1. The summed E-state index contributed by atoms with van der Waals surface area (Å²) in [6.07, 6.45) is -0.487. The highest BCUT2D eigenvalue weighted by Gasteiger charge is 2.25. The molecule has 1 atom stereocenters. The minimum atomic E-state index is -0.880. The summed E-state index contributed by atoms with van der Waals surface area (Å²) in [5, 5.41) is 5.28. The van der Waals surface area contributed by atoms with Gasteiger partial charge in [0.2, 0.25) is 0 Å². The van der Waals surface area contributed by atoms with E-state index in [4.69, 9.17) is 4.74 Å². The van der Waals surface area contributed by atoms with Crippen molar-refractivity contribution >= 4 is 17.7 Å². The molecule has 1 rings (SSSR count). The van der Waals surface area contributed by atoms with Crippen molar-refractivity contribution in [2.24, 2.45) is 5.18 Å². The highest BCUT2D eigenvalue weighted by Crippen LogP contribution is 2.14. The molecule has 1 aromatic rings. The molecule has 22 heavy (non-hydrogen) atoms. The van der Waals surface area contributed by atoms with Crippen molar-refractivity contribution in [1.82, 2.24) is 5.32 Å². The first kappa shape index (κ1) is 17.6. The third-order valence-electron chi connectivity index (χ3n) is 2.66. The summed E-state index contributed by atoms with van der Waals surface area (Å²) in [7, 11) is 1.24. The zero-order valence-corrected chi connectivity index (χ0v) is 13.1. The largest absolute Gasteiger partial charge is 0.467 e. The number of ether oxygens (including phenoxy) is 2. The second-order valence-electron chi connectivity index (χ2n) is 5.68. The molecule has 0 heterocycles. The molecule has 1 aromatic carbocycles. The van der Waals surface area contributed by atoms with Gasteiger partial charge in [0.05, 0.1) is 7.11 Å². The number of hydrogen-bond donors (Lipinski definition) is 1. The number of nitrogens with one attached hydrogen (secondary N) is 1. The van der Waals surface area contributed by atoms with Gasteiger partial charge >= 0.3 is 12.1 Å². The Morgan fingerprint density at radius 3 is 2.27 bits per heavy atom. The van der Waals surface area contributed by atoms with Gasteiger partial charge in [-0.2, -0.15) is 0 Å². The smallest absolute Gasteiger partial charge is 0.408 e. The number of esters is 1. The van der Waals surface area contributed by atoms with Gasteiger partial charge in [-0.05, 0) is 43.6 Å². The van der Waals surface area contributed by atoms with Gasteiger partial charge in [-0.25, -0.2) is 9.59 Å². The van der Waals surface area contributed by atoms with E-state index in [0.29, 0.717) is 5.69 Å². The van der Waals surface area contributed by atoms with E-state index < -0.39 is 23.7 Å². The maximum absolute atomic E-state index is 11.8. The van der Waals surface area contributed by atoms with Gasteiger partial charge < -0.3 is 14.8 Å². The predicted molar refractivity (Wildman–Crippen MR) is 80.8 cm³/mol. The standard InChI is InChI=1S/C15H20N2O5/c1-15(2,3)22-14(19)16-12(13(18)21-4)9-10-5-7-11(17-20)8-6-10/h5-8,12H,9H2,1-4H3,(H,16,19). The summed E-state index contributed by atoms with van der Waals surface area (Å²) < 4.78 is 9.81. The van der Waals surface area contributed by atoms with E-state index in [1.807, 2.05) is 0 Å². The van der Waals surface area contributed by atoms with Gasteiger partial charge in [-0.3, -0.25) is 0 Å². The molecule has 0 fully saturated rings. The Kier molecular flexibility index (Phi) is 6.03. The van der Waals surface area contributed by atoms with Crippen LogP contribution in [0.15, 0.2) is 29.4 Å². The number of rotatable bonds is 5. The van der Waals surface area contributed by atoms with Crippen LogP contribution in [0.25, 0.3) is 0 Å². The molecule has 7 nitrogen and oxygen atoms in total. The van der Waals surface area contributed by atoms with Gasteiger partial charge in [0.15, 0.2) is 0 Å². The first-order valence-electron chi connectivity index (χ1n) is 6.75. The summed E-state index contributed by atoms with van der Waals surface area (Å²) >= 11 is 0. The van der Waals surface area contributed by atoms with Crippen molar-refractivity contribution < 1.29 is 19.1 Å². The van der Waals surface area contributed by atoms with E-state index in [1.165, 1.54) is 19.2 Å². The molecule has 1 N–H and O–H groups in total. The Balaban J connectivity index is 2.77. The fourth-order valence-corrected chi connectivity index (χ4v) is 1.71. The van der Waals surface area contributed by atoms with Gasteiger partial charge in [-0.15, -0.1) is 4.91 Å². The van der Waals surface area contributed by atoms with Crippen molar-refractivity contribution in [2.45, 2.75) is 38.8 Å². The minimum Gasteiger partial charge on any atom is -0.467 e. The molecule has 1 amide bonds. The maximum atomic E-state index is 11.8. The summed E-state index contributed by atoms with van der Waals surface area (Å²) in [5.41, 5.74) is 0.375. The molecule has 1 unspecified atom stereocenters. The van der Waals surface area contributed by atoms with Gasteiger partial charge in [-0.1, -0.05) is 12.1 Å². The van der Waals surface area contributed by atoms with Crippen LogP contribution in [0.3, 0.4) is 0 Å². The van der Waals surface area contributed by atoms with E-state index in [1.54, 1.807) is 32.9 Å². The molecule has 0 aliphatic carbocycles. The predicted octanol–water partition coefficient (Wildman–Crippen LogP) is 2.69. The topological polar surface area (TPSA) is 94.1 Å². The lowest BCUT2D eigenvalue weighted by Gasteiger charge is -2.22. The number of benzene rings is 1. The summed E-state index contributed by atoms with van der Waals surface area (Å²) in [6.45, 7) is 5.18. The second kappa shape index (κ2) is 7.53. The lowest BCUT2D eigenvalue weighted by Crippen LogP contribution is -2.45. The van der Waals surface area contributed by atoms with Gasteiger partial charge in [0, 0.05) is 6.42 Å². The lowest BCUT2D eigenvalue weighted by atomic mass is 10.1. The zero-order chi connectivity index (χ0) is 16.8. The molecule has 0 saturated carbocycles. The van der Waals surface area contributed by atoms with Crippen LogP contribution in [-0.2, 0) is 20.7 Å². The van der Waals surface area contributed by atoms with Crippen LogP contribution in [0, 0.1) is 4.91 Å². The van der Waals surface area contributed by atoms with Crippen LogP contribution in [0.2, 0.25) is 0 Å². The van der Waals surface area contributed by atoms with Crippen molar-refractivity contribution in [1.29, 1.82) is 0 Å². The molecule has 0 aliphatic rings. The number of carbonyl (C=O) groups is 2. The van der Waals surface area contributed by atoms with Gasteiger partial charge in [0.25, 0.3) is 0 Å². The first-order valence-corrected chi connectivity index (χ1v) is 6.75.